The number of fused-ring (bicyclic) bond motifs is 1. The molecule has 0 aliphatic carbocycles. The van der Waals surface area contributed by atoms with Gasteiger partial charge in [0.15, 0.2) is 6.10 Å². The van der Waals surface area contributed by atoms with Crippen LogP contribution in [0.2, 0.25) is 0 Å². The molecule has 3 rings (SSSR count). The number of nitrogens with one attached hydrogen (secondary N) is 1. The molecule has 1 atom stereocenters. The lowest BCUT2D eigenvalue weighted by Gasteiger charge is -2.13. The molecule has 0 fully saturated rings. The molecular formula is C20H17FN2O7. The second kappa shape index (κ2) is 8.19. The van der Waals surface area contributed by atoms with Gasteiger partial charge in [-0.1, -0.05) is 0 Å². The molecule has 1 amide bonds. The maximum absolute atomic E-state index is 13.4. The van der Waals surface area contributed by atoms with Crippen LogP contribution in [0.3, 0.4) is 0 Å². The Morgan fingerprint density at radius 3 is 2.63 bits per heavy atom. The number of hydrogen-bond acceptors (Lipinski definition) is 7. The molecule has 2 aromatic carbocycles. The van der Waals surface area contributed by atoms with Crippen LogP contribution in [-0.4, -0.2) is 30.0 Å². The number of nitro groups is 1. The number of rotatable bonds is 6. The van der Waals surface area contributed by atoms with Crippen LogP contribution in [0.25, 0.3) is 11.0 Å². The van der Waals surface area contributed by atoms with Crippen molar-refractivity contribution in [3.05, 3.63) is 63.7 Å². The number of methoxy groups -OCH3 is 1. The molecule has 1 heterocycles. The van der Waals surface area contributed by atoms with E-state index in [4.69, 9.17) is 13.9 Å². The van der Waals surface area contributed by atoms with Gasteiger partial charge >= 0.3 is 5.97 Å². The SMILES string of the molecule is COc1ccc(NC(=O)C(C)OC(=O)c2oc3ccc(F)cc3c2C)c([N+](=O)[O-])c1. The van der Waals surface area contributed by atoms with E-state index in [1.165, 1.54) is 44.4 Å². The second-order valence-electron chi connectivity index (χ2n) is 6.37. The molecule has 0 bridgehead atoms. The van der Waals surface area contributed by atoms with E-state index in [9.17, 15) is 24.1 Å². The largest absolute Gasteiger partial charge is 0.496 e. The van der Waals surface area contributed by atoms with E-state index in [1.54, 1.807) is 6.92 Å². The third-order valence-electron chi connectivity index (χ3n) is 4.40. The first-order valence-electron chi connectivity index (χ1n) is 8.74. The fourth-order valence-electron chi connectivity index (χ4n) is 2.78. The smallest absolute Gasteiger partial charge is 0.375 e. The van der Waals surface area contributed by atoms with E-state index in [2.05, 4.69) is 5.32 Å². The molecule has 10 heteroatoms. The highest BCUT2D eigenvalue weighted by molar-refractivity contribution is 6.00. The molecule has 0 radical (unpaired) electrons. The van der Waals surface area contributed by atoms with E-state index in [1.807, 2.05) is 0 Å². The number of aryl methyl sites for hydroxylation is 1. The van der Waals surface area contributed by atoms with Gasteiger partial charge in [0.1, 0.15) is 22.8 Å². The summed E-state index contributed by atoms with van der Waals surface area (Å²) < 4.78 is 28.9. The minimum atomic E-state index is -1.29. The van der Waals surface area contributed by atoms with Gasteiger partial charge in [0.05, 0.1) is 18.1 Å². The van der Waals surface area contributed by atoms with Crippen molar-refractivity contribution in [1.82, 2.24) is 0 Å². The monoisotopic (exact) mass is 416 g/mol. The zero-order chi connectivity index (χ0) is 22.0. The number of esters is 1. The normalized spacial score (nSPS) is 11.7. The van der Waals surface area contributed by atoms with Crippen LogP contribution in [0.15, 0.2) is 40.8 Å². The summed E-state index contributed by atoms with van der Waals surface area (Å²) in [6.07, 6.45) is -1.29. The number of nitrogens with zero attached hydrogens (tertiary/aromatic N) is 1. The molecule has 0 aliphatic heterocycles. The van der Waals surface area contributed by atoms with Gasteiger partial charge in [0.2, 0.25) is 5.76 Å². The Labute approximate surface area is 169 Å². The first-order valence-corrected chi connectivity index (χ1v) is 8.74. The van der Waals surface area contributed by atoms with Crippen molar-refractivity contribution in [2.24, 2.45) is 0 Å². The van der Waals surface area contributed by atoms with E-state index in [-0.39, 0.29) is 22.9 Å². The van der Waals surface area contributed by atoms with Crippen molar-refractivity contribution in [2.45, 2.75) is 20.0 Å². The van der Waals surface area contributed by atoms with Gasteiger partial charge in [-0.15, -0.1) is 0 Å². The fourth-order valence-corrected chi connectivity index (χ4v) is 2.78. The third kappa shape index (κ3) is 4.07. The van der Waals surface area contributed by atoms with Gasteiger partial charge in [-0.05, 0) is 44.2 Å². The van der Waals surface area contributed by atoms with Gasteiger partial charge in [0.25, 0.3) is 11.6 Å². The molecule has 1 aromatic heterocycles. The van der Waals surface area contributed by atoms with Crippen LogP contribution in [0.4, 0.5) is 15.8 Å². The van der Waals surface area contributed by atoms with E-state index in [0.717, 1.165) is 6.07 Å². The van der Waals surface area contributed by atoms with Crippen LogP contribution < -0.4 is 10.1 Å². The Morgan fingerprint density at radius 2 is 1.97 bits per heavy atom. The number of furan rings is 1. The third-order valence-corrected chi connectivity index (χ3v) is 4.40. The molecule has 1 N–H and O–H groups in total. The number of nitro benzene ring substituents is 1. The van der Waals surface area contributed by atoms with Crippen LogP contribution in [0.5, 0.6) is 5.75 Å². The number of benzene rings is 2. The van der Waals surface area contributed by atoms with Crippen LogP contribution in [0, 0.1) is 22.9 Å². The average molecular weight is 416 g/mol. The average Bonchev–Trinajstić information content (AvgIpc) is 3.04. The molecule has 0 saturated heterocycles. The summed E-state index contributed by atoms with van der Waals surface area (Å²) >= 11 is 0. The Kier molecular flexibility index (Phi) is 5.67. The van der Waals surface area contributed by atoms with Gasteiger partial charge in [-0.25, -0.2) is 9.18 Å². The first-order chi connectivity index (χ1) is 14.2. The van der Waals surface area contributed by atoms with Crippen molar-refractivity contribution in [2.75, 3.05) is 12.4 Å². The maximum Gasteiger partial charge on any atom is 0.375 e. The summed E-state index contributed by atoms with van der Waals surface area (Å²) in [5.74, 6) is -2.10. The Hall–Kier alpha value is -3.95. The Bertz CT molecular complexity index is 1160. The highest BCUT2D eigenvalue weighted by Gasteiger charge is 2.26. The highest BCUT2D eigenvalue weighted by Crippen LogP contribution is 2.30. The standard InChI is InChI=1S/C20H17FN2O7/c1-10-14-8-12(21)4-7-17(14)30-18(10)20(25)29-11(2)19(24)22-15-6-5-13(28-3)9-16(15)23(26)27/h4-9,11H,1-3H3,(H,22,24). The highest BCUT2D eigenvalue weighted by atomic mass is 19.1. The molecule has 1 unspecified atom stereocenters. The van der Waals surface area contributed by atoms with Gasteiger partial charge in [-0.2, -0.15) is 0 Å². The van der Waals surface area contributed by atoms with Gasteiger partial charge < -0.3 is 19.2 Å². The van der Waals surface area contributed by atoms with Crippen LogP contribution in [0.1, 0.15) is 23.0 Å². The van der Waals surface area contributed by atoms with Crippen molar-refractivity contribution < 1.29 is 32.8 Å². The summed E-state index contributed by atoms with van der Waals surface area (Å²) in [5, 5.41) is 14.0. The van der Waals surface area contributed by atoms with Crippen molar-refractivity contribution in [3.63, 3.8) is 0 Å². The van der Waals surface area contributed by atoms with E-state index in [0.29, 0.717) is 16.5 Å². The summed E-state index contributed by atoms with van der Waals surface area (Å²) in [5.41, 5.74) is 0.209. The molecule has 0 saturated carbocycles. The zero-order valence-electron chi connectivity index (χ0n) is 16.2. The van der Waals surface area contributed by atoms with Crippen LogP contribution in [-0.2, 0) is 9.53 Å². The number of anilines is 1. The van der Waals surface area contributed by atoms with Crippen molar-refractivity contribution >= 4 is 34.2 Å². The van der Waals surface area contributed by atoms with Crippen molar-refractivity contribution in [1.29, 1.82) is 0 Å². The van der Waals surface area contributed by atoms with E-state index >= 15 is 0 Å². The molecule has 0 aliphatic rings. The lowest BCUT2D eigenvalue weighted by atomic mass is 10.1. The van der Waals surface area contributed by atoms with E-state index < -0.39 is 28.7 Å². The van der Waals surface area contributed by atoms with Crippen molar-refractivity contribution in [3.8, 4) is 5.75 Å². The molecule has 0 spiro atoms. The molecular weight excluding hydrogens is 399 g/mol. The van der Waals surface area contributed by atoms with Gasteiger partial charge in [0, 0.05) is 10.9 Å². The minimum absolute atomic E-state index is 0.0795. The number of amides is 1. The fraction of sp³-hybridized carbons (Fsp3) is 0.200. The Morgan fingerprint density at radius 1 is 1.23 bits per heavy atom. The summed E-state index contributed by atoms with van der Waals surface area (Å²) in [6.45, 7) is 2.87. The lowest BCUT2D eigenvalue weighted by molar-refractivity contribution is -0.384. The maximum atomic E-state index is 13.4. The Balaban J connectivity index is 1.76. The molecule has 156 valence electrons. The quantitative estimate of drug-likeness (QED) is 0.366. The summed E-state index contributed by atoms with van der Waals surface area (Å²) in [6, 6.07) is 7.70. The second-order valence-corrected chi connectivity index (χ2v) is 6.37. The molecule has 30 heavy (non-hydrogen) atoms. The number of carbonyl (C=O) groups is 2. The zero-order valence-corrected chi connectivity index (χ0v) is 16.2. The number of ether oxygens (including phenoxy) is 2. The first kappa shape index (κ1) is 20.8. The minimum Gasteiger partial charge on any atom is -0.496 e. The molecule has 9 nitrogen and oxygen atoms in total. The summed E-state index contributed by atoms with van der Waals surface area (Å²) in [7, 11) is 1.35. The molecule has 3 aromatic rings. The predicted octanol–water partition coefficient (Wildman–Crippen LogP) is 3.98. The predicted molar refractivity (Wildman–Crippen MR) is 104 cm³/mol. The van der Waals surface area contributed by atoms with Gasteiger partial charge in [-0.3, -0.25) is 14.9 Å². The van der Waals surface area contributed by atoms with Crippen LogP contribution >= 0.6 is 0 Å². The number of carbonyl (C=O) groups excluding carboxylic acids is 2. The topological polar surface area (TPSA) is 121 Å². The number of halogens is 1. The lowest BCUT2D eigenvalue weighted by Crippen LogP contribution is -2.30. The summed E-state index contributed by atoms with van der Waals surface area (Å²) in [4.78, 5) is 35.4. The number of hydrogen-bond donors (Lipinski definition) is 1.